The van der Waals surface area contributed by atoms with Gasteiger partial charge < -0.3 is 0 Å². The predicted octanol–water partition coefficient (Wildman–Crippen LogP) is 7.56. The molecule has 0 aliphatic heterocycles. The summed E-state index contributed by atoms with van der Waals surface area (Å²) in [5, 5.41) is 0. The zero-order valence-corrected chi connectivity index (χ0v) is 20.3. The Labute approximate surface area is 211 Å². The molecule has 0 radical (unpaired) electrons. The van der Waals surface area contributed by atoms with Crippen molar-refractivity contribution in [2.45, 2.75) is 13.8 Å². The van der Waals surface area contributed by atoms with Crippen LogP contribution in [-0.2, 0) is 0 Å². The van der Waals surface area contributed by atoms with E-state index in [1.807, 2.05) is 60.9 Å². The van der Waals surface area contributed by atoms with E-state index in [1.54, 1.807) is 12.4 Å². The molecule has 0 spiro atoms. The molecule has 1 aromatic carbocycles. The maximum atomic E-state index is 4.56. The smallest absolute Gasteiger partial charge is 0.0886 e. The molecule has 5 rings (SSSR count). The Morgan fingerprint density at radius 2 is 0.917 bits per heavy atom. The molecule has 0 amide bonds. The average Bonchev–Trinajstić information content (AvgIpc) is 2.94. The Bertz CT molecular complexity index is 1380. The maximum Gasteiger partial charge on any atom is 0.0886 e. The third kappa shape index (κ3) is 5.50. The van der Waals surface area contributed by atoms with Gasteiger partial charge in [-0.1, -0.05) is 60.7 Å². The van der Waals surface area contributed by atoms with Crippen LogP contribution in [-0.4, -0.2) is 19.9 Å². The van der Waals surface area contributed by atoms with Crippen LogP contribution in [0, 0.1) is 13.8 Å². The second-order valence-corrected chi connectivity index (χ2v) is 8.62. The number of aromatic nitrogens is 4. The second kappa shape index (κ2) is 10.7. The molecule has 0 saturated heterocycles. The number of hydrogen-bond donors (Lipinski definition) is 0. The van der Waals surface area contributed by atoms with Crippen molar-refractivity contribution in [3.63, 3.8) is 0 Å². The lowest BCUT2D eigenvalue weighted by Crippen LogP contribution is -1.89. The molecule has 5 aromatic rings. The second-order valence-electron chi connectivity index (χ2n) is 8.62. The maximum absolute atomic E-state index is 4.56. The SMILES string of the molecule is Cc1cc(/C=C/c2ccc(-c3ccccn3)nc2)c(C)cc1/C=C/c1ccc(-c2ccccn2)nc1. The molecule has 0 fully saturated rings. The van der Waals surface area contributed by atoms with Crippen LogP contribution in [0.5, 0.6) is 0 Å². The minimum atomic E-state index is 0.873. The first-order chi connectivity index (χ1) is 17.7. The Kier molecular flexibility index (Phi) is 6.86. The summed E-state index contributed by atoms with van der Waals surface area (Å²) in [4.78, 5) is 17.8. The molecule has 0 N–H and O–H groups in total. The third-order valence-electron chi connectivity index (χ3n) is 5.99. The number of pyridine rings is 4. The highest BCUT2D eigenvalue weighted by Crippen LogP contribution is 2.22. The molecule has 36 heavy (non-hydrogen) atoms. The molecule has 0 atom stereocenters. The Morgan fingerprint density at radius 1 is 0.472 bits per heavy atom. The molecule has 4 nitrogen and oxygen atoms in total. The van der Waals surface area contributed by atoms with E-state index in [-0.39, 0.29) is 0 Å². The van der Waals surface area contributed by atoms with E-state index in [9.17, 15) is 0 Å². The standard InChI is InChI=1S/C32H26N4/c1-23-19-28(14-10-26-12-16-32(36-22-26)30-8-4-6-18-34-30)24(2)20-27(23)13-9-25-11-15-31(35-21-25)29-7-3-5-17-33-29/h3-22H,1-2H3/b13-9+,14-10+. The molecular formula is C32H26N4. The molecule has 4 heterocycles. The minimum Gasteiger partial charge on any atom is -0.255 e. The van der Waals surface area contributed by atoms with E-state index in [1.165, 1.54) is 22.3 Å². The van der Waals surface area contributed by atoms with Gasteiger partial charge in [0.05, 0.1) is 22.8 Å². The van der Waals surface area contributed by atoms with Gasteiger partial charge in [0.25, 0.3) is 0 Å². The fourth-order valence-corrected chi connectivity index (χ4v) is 3.93. The summed E-state index contributed by atoms with van der Waals surface area (Å²) in [5.74, 6) is 0. The lowest BCUT2D eigenvalue weighted by molar-refractivity contribution is 1.24. The van der Waals surface area contributed by atoms with E-state index in [0.717, 1.165) is 33.9 Å². The summed E-state index contributed by atoms with van der Waals surface area (Å²) in [6.45, 7) is 4.28. The van der Waals surface area contributed by atoms with E-state index in [2.05, 4.69) is 82.4 Å². The molecule has 0 bridgehead atoms. The van der Waals surface area contributed by atoms with Crippen LogP contribution in [0.3, 0.4) is 0 Å². The predicted molar refractivity (Wildman–Crippen MR) is 149 cm³/mol. The lowest BCUT2D eigenvalue weighted by Gasteiger charge is -2.07. The van der Waals surface area contributed by atoms with Crippen LogP contribution in [0.25, 0.3) is 47.1 Å². The molecule has 4 heteroatoms. The Morgan fingerprint density at radius 3 is 1.28 bits per heavy atom. The first-order valence-corrected chi connectivity index (χ1v) is 11.9. The van der Waals surface area contributed by atoms with Gasteiger partial charge in [-0.05, 0) is 83.6 Å². The monoisotopic (exact) mass is 466 g/mol. The topological polar surface area (TPSA) is 51.6 Å². The van der Waals surface area contributed by atoms with Crippen LogP contribution in [0.15, 0.2) is 97.6 Å². The summed E-state index contributed by atoms with van der Waals surface area (Å²) in [6, 6.07) is 24.3. The number of rotatable bonds is 6. The van der Waals surface area contributed by atoms with E-state index >= 15 is 0 Å². The van der Waals surface area contributed by atoms with Crippen molar-refractivity contribution in [1.29, 1.82) is 0 Å². The Balaban J connectivity index is 1.28. The van der Waals surface area contributed by atoms with Gasteiger partial charge in [0.15, 0.2) is 0 Å². The number of nitrogens with zero attached hydrogens (tertiary/aromatic N) is 4. The van der Waals surface area contributed by atoms with Crippen LogP contribution in [0.4, 0.5) is 0 Å². The van der Waals surface area contributed by atoms with Gasteiger partial charge in [-0.25, -0.2) is 0 Å². The van der Waals surface area contributed by atoms with Crippen molar-refractivity contribution in [1.82, 2.24) is 19.9 Å². The van der Waals surface area contributed by atoms with Gasteiger partial charge in [-0.15, -0.1) is 0 Å². The van der Waals surface area contributed by atoms with Crippen LogP contribution in [0.1, 0.15) is 33.4 Å². The zero-order chi connectivity index (χ0) is 24.7. The van der Waals surface area contributed by atoms with Gasteiger partial charge >= 0.3 is 0 Å². The van der Waals surface area contributed by atoms with Crippen molar-refractivity contribution < 1.29 is 0 Å². The highest BCUT2D eigenvalue weighted by Gasteiger charge is 2.03. The summed E-state index contributed by atoms with van der Waals surface area (Å²) < 4.78 is 0. The number of aryl methyl sites for hydroxylation is 2. The largest absolute Gasteiger partial charge is 0.255 e. The van der Waals surface area contributed by atoms with Crippen molar-refractivity contribution in [3.05, 3.63) is 131 Å². The third-order valence-corrected chi connectivity index (χ3v) is 5.99. The summed E-state index contributed by atoms with van der Waals surface area (Å²) in [6.07, 6.45) is 15.8. The normalized spacial score (nSPS) is 11.4. The van der Waals surface area contributed by atoms with Gasteiger partial charge in [-0.2, -0.15) is 0 Å². The first-order valence-electron chi connectivity index (χ1n) is 11.9. The summed E-state index contributed by atoms with van der Waals surface area (Å²) in [7, 11) is 0. The average molecular weight is 467 g/mol. The summed E-state index contributed by atoms with van der Waals surface area (Å²) >= 11 is 0. The first kappa shape index (κ1) is 23.1. The highest BCUT2D eigenvalue weighted by molar-refractivity contribution is 5.76. The molecule has 0 aliphatic carbocycles. The van der Waals surface area contributed by atoms with Gasteiger partial charge in [-0.3, -0.25) is 19.9 Å². The minimum absolute atomic E-state index is 0.873. The number of hydrogen-bond acceptors (Lipinski definition) is 4. The van der Waals surface area contributed by atoms with Crippen molar-refractivity contribution in [2.24, 2.45) is 0 Å². The highest BCUT2D eigenvalue weighted by atomic mass is 14.8. The van der Waals surface area contributed by atoms with Gasteiger partial charge in [0.1, 0.15) is 0 Å². The summed E-state index contributed by atoms with van der Waals surface area (Å²) in [5.41, 5.74) is 10.4. The van der Waals surface area contributed by atoms with Gasteiger partial charge in [0.2, 0.25) is 0 Å². The Hall–Kier alpha value is -4.70. The molecule has 0 aliphatic rings. The fourth-order valence-electron chi connectivity index (χ4n) is 3.93. The van der Waals surface area contributed by atoms with Crippen LogP contribution in [0.2, 0.25) is 0 Å². The number of benzene rings is 1. The van der Waals surface area contributed by atoms with Crippen LogP contribution >= 0.6 is 0 Å². The lowest BCUT2D eigenvalue weighted by atomic mass is 9.98. The van der Waals surface area contributed by atoms with E-state index in [0.29, 0.717) is 0 Å². The van der Waals surface area contributed by atoms with E-state index in [4.69, 9.17) is 0 Å². The van der Waals surface area contributed by atoms with Gasteiger partial charge in [0, 0.05) is 24.8 Å². The van der Waals surface area contributed by atoms with Crippen molar-refractivity contribution in [3.8, 4) is 22.8 Å². The molecule has 4 aromatic heterocycles. The molecular weight excluding hydrogens is 440 g/mol. The van der Waals surface area contributed by atoms with Crippen molar-refractivity contribution >= 4 is 24.3 Å². The van der Waals surface area contributed by atoms with E-state index < -0.39 is 0 Å². The molecule has 174 valence electrons. The zero-order valence-electron chi connectivity index (χ0n) is 20.3. The molecule has 0 saturated carbocycles. The van der Waals surface area contributed by atoms with Crippen LogP contribution < -0.4 is 0 Å². The quantitative estimate of drug-likeness (QED) is 0.259. The molecule has 0 unspecified atom stereocenters. The van der Waals surface area contributed by atoms with Crippen molar-refractivity contribution in [2.75, 3.05) is 0 Å². The fraction of sp³-hybridized carbons (Fsp3) is 0.0625.